The molecule has 2 aromatic rings. The molecule has 0 aromatic heterocycles. The van der Waals surface area contributed by atoms with Gasteiger partial charge >= 0.3 is 5.97 Å². The van der Waals surface area contributed by atoms with Crippen LogP contribution in [0.2, 0.25) is 5.02 Å². The normalized spacial score (nSPS) is 20.6. The molecule has 6 nitrogen and oxygen atoms in total. The minimum atomic E-state index is -3.74. The molecule has 8 heteroatoms. The Hall–Kier alpha value is -1.93. The van der Waals surface area contributed by atoms with Crippen molar-refractivity contribution in [3.8, 4) is 0 Å². The Kier molecular flexibility index (Phi) is 7.42. The lowest BCUT2D eigenvalue weighted by Crippen LogP contribution is -2.58. The van der Waals surface area contributed by atoms with Gasteiger partial charge in [0.05, 0.1) is 11.3 Å². The Morgan fingerprint density at radius 2 is 1.68 bits per heavy atom. The highest BCUT2D eigenvalue weighted by Crippen LogP contribution is 2.27. The number of sulfonamides is 1. The van der Waals surface area contributed by atoms with Crippen molar-refractivity contribution in [2.45, 2.75) is 50.6 Å². The van der Waals surface area contributed by atoms with Crippen LogP contribution in [0.5, 0.6) is 0 Å². The average Bonchev–Trinajstić information content (AvgIpc) is 2.66. The molecule has 0 spiro atoms. The Labute approximate surface area is 189 Å². The molecular weight excluding hydrogens is 436 g/mol. The second-order valence-corrected chi connectivity index (χ2v) is 10.7. The number of aliphatic carboxylic acids is 1. The monoisotopic (exact) mass is 464 g/mol. The molecule has 0 bridgehead atoms. The van der Waals surface area contributed by atoms with Crippen molar-refractivity contribution in [1.82, 2.24) is 9.21 Å². The second kappa shape index (κ2) is 9.69. The molecule has 1 aliphatic heterocycles. The molecule has 2 aromatic carbocycles. The SMILES string of the molecule is Cc1cc(CC(=O)O)cc(S(=O)(=O)N2C(C)CN(CCc3ccc(Cl)cc3)C[C@@H]2C)c1. The van der Waals surface area contributed by atoms with Gasteiger partial charge in [-0.2, -0.15) is 4.31 Å². The van der Waals surface area contributed by atoms with Crippen molar-refractivity contribution in [3.05, 3.63) is 64.2 Å². The van der Waals surface area contributed by atoms with Gasteiger partial charge in [0.15, 0.2) is 0 Å². The van der Waals surface area contributed by atoms with E-state index in [1.54, 1.807) is 23.4 Å². The van der Waals surface area contributed by atoms with Gasteiger partial charge in [-0.25, -0.2) is 8.42 Å². The summed E-state index contributed by atoms with van der Waals surface area (Å²) in [7, 11) is -3.74. The zero-order valence-corrected chi connectivity index (χ0v) is 19.7. The lowest BCUT2D eigenvalue weighted by molar-refractivity contribution is -0.136. The maximum absolute atomic E-state index is 13.5. The van der Waals surface area contributed by atoms with Crippen LogP contribution in [0.3, 0.4) is 0 Å². The van der Waals surface area contributed by atoms with Crippen LogP contribution in [-0.2, 0) is 27.7 Å². The highest BCUT2D eigenvalue weighted by molar-refractivity contribution is 7.89. The van der Waals surface area contributed by atoms with Crippen LogP contribution in [0.4, 0.5) is 0 Å². The van der Waals surface area contributed by atoms with E-state index >= 15 is 0 Å². The first kappa shape index (κ1) is 23.7. The molecule has 1 N–H and O–H groups in total. The third-order valence-electron chi connectivity index (χ3n) is 5.59. The maximum Gasteiger partial charge on any atom is 0.307 e. The van der Waals surface area contributed by atoms with Gasteiger partial charge in [-0.15, -0.1) is 0 Å². The van der Waals surface area contributed by atoms with Crippen LogP contribution < -0.4 is 0 Å². The maximum atomic E-state index is 13.5. The molecule has 31 heavy (non-hydrogen) atoms. The van der Waals surface area contributed by atoms with Crippen LogP contribution in [0, 0.1) is 6.92 Å². The van der Waals surface area contributed by atoms with Gasteiger partial charge in [-0.3, -0.25) is 9.69 Å². The number of carbonyl (C=O) groups is 1. The number of benzene rings is 2. The average molecular weight is 465 g/mol. The number of halogens is 1. The Bertz CT molecular complexity index is 1030. The number of rotatable bonds is 7. The van der Waals surface area contributed by atoms with Gasteiger partial charge < -0.3 is 5.11 Å². The van der Waals surface area contributed by atoms with Crippen molar-refractivity contribution in [3.63, 3.8) is 0 Å². The lowest BCUT2D eigenvalue weighted by atomic mass is 10.1. The fourth-order valence-electron chi connectivity index (χ4n) is 4.38. The molecule has 168 valence electrons. The van der Waals surface area contributed by atoms with Crippen LogP contribution in [0.15, 0.2) is 47.4 Å². The topological polar surface area (TPSA) is 77.9 Å². The summed E-state index contributed by atoms with van der Waals surface area (Å²) in [5, 5.41) is 9.80. The summed E-state index contributed by atoms with van der Waals surface area (Å²) >= 11 is 5.95. The van der Waals surface area contributed by atoms with Crippen LogP contribution in [0.1, 0.15) is 30.5 Å². The fraction of sp³-hybridized carbons (Fsp3) is 0.435. The molecule has 1 aliphatic rings. The quantitative estimate of drug-likeness (QED) is 0.677. The standard InChI is InChI=1S/C23H29ClN2O4S/c1-16-10-20(13-23(27)28)12-22(11-16)31(29,30)26-17(2)14-25(15-18(26)3)9-8-19-4-6-21(24)7-5-19/h4-7,10-12,17-18H,8-9,13-15H2,1-3H3,(H,27,28)/t17-,18?/m0/s1. The zero-order valence-electron chi connectivity index (χ0n) is 18.1. The van der Waals surface area contributed by atoms with Gasteiger partial charge in [-0.1, -0.05) is 29.8 Å². The molecule has 2 atom stereocenters. The van der Waals surface area contributed by atoms with E-state index in [4.69, 9.17) is 16.7 Å². The Morgan fingerprint density at radius 3 is 2.26 bits per heavy atom. The smallest absolute Gasteiger partial charge is 0.307 e. The number of carboxylic acid groups (broad SMARTS) is 1. The molecule has 1 saturated heterocycles. The molecule has 1 unspecified atom stereocenters. The third kappa shape index (κ3) is 5.86. The zero-order chi connectivity index (χ0) is 22.8. The molecule has 0 saturated carbocycles. The number of hydrogen-bond donors (Lipinski definition) is 1. The van der Waals surface area contributed by atoms with E-state index in [9.17, 15) is 13.2 Å². The summed E-state index contributed by atoms with van der Waals surface area (Å²) in [5.41, 5.74) is 2.43. The molecule has 0 aliphatic carbocycles. The van der Waals surface area contributed by atoms with Gasteiger partial charge in [0.25, 0.3) is 0 Å². The number of piperazine rings is 1. The summed E-state index contributed by atoms with van der Waals surface area (Å²) < 4.78 is 28.5. The van der Waals surface area contributed by atoms with E-state index in [1.165, 1.54) is 11.6 Å². The predicted molar refractivity (Wildman–Crippen MR) is 122 cm³/mol. The van der Waals surface area contributed by atoms with Crippen molar-refractivity contribution in [2.24, 2.45) is 0 Å². The van der Waals surface area contributed by atoms with Crippen LogP contribution in [-0.4, -0.2) is 60.4 Å². The summed E-state index contributed by atoms with van der Waals surface area (Å²) in [4.78, 5) is 13.5. The molecule has 0 amide bonds. The third-order valence-corrected chi connectivity index (χ3v) is 7.94. The molecular formula is C23H29ClN2O4S. The van der Waals surface area contributed by atoms with E-state index in [-0.39, 0.29) is 23.4 Å². The van der Waals surface area contributed by atoms with E-state index in [0.29, 0.717) is 23.7 Å². The highest BCUT2D eigenvalue weighted by atomic mass is 35.5. The van der Waals surface area contributed by atoms with Gasteiger partial charge in [0, 0.05) is 36.7 Å². The first-order chi connectivity index (χ1) is 14.6. The Morgan fingerprint density at radius 1 is 1.06 bits per heavy atom. The van der Waals surface area contributed by atoms with Crippen molar-refractivity contribution < 1.29 is 18.3 Å². The molecule has 3 rings (SSSR count). The van der Waals surface area contributed by atoms with Crippen molar-refractivity contribution >= 4 is 27.6 Å². The Balaban J connectivity index is 1.74. The van der Waals surface area contributed by atoms with Gasteiger partial charge in [-0.05, 0) is 68.1 Å². The minimum absolute atomic E-state index is 0.164. The fourth-order valence-corrected chi connectivity index (χ4v) is 6.47. The molecule has 1 fully saturated rings. The summed E-state index contributed by atoms with van der Waals surface area (Å²) in [6, 6.07) is 12.2. The van der Waals surface area contributed by atoms with E-state index in [0.717, 1.165) is 18.5 Å². The van der Waals surface area contributed by atoms with E-state index in [2.05, 4.69) is 4.90 Å². The lowest BCUT2D eigenvalue weighted by Gasteiger charge is -2.43. The highest BCUT2D eigenvalue weighted by Gasteiger charge is 2.38. The van der Waals surface area contributed by atoms with Crippen molar-refractivity contribution in [2.75, 3.05) is 19.6 Å². The van der Waals surface area contributed by atoms with Crippen LogP contribution in [0.25, 0.3) is 0 Å². The van der Waals surface area contributed by atoms with Crippen molar-refractivity contribution in [1.29, 1.82) is 0 Å². The number of nitrogens with zero attached hydrogens (tertiary/aromatic N) is 2. The first-order valence-corrected chi connectivity index (χ1v) is 12.2. The minimum Gasteiger partial charge on any atom is -0.481 e. The number of hydrogen-bond acceptors (Lipinski definition) is 4. The molecule has 1 heterocycles. The van der Waals surface area contributed by atoms with E-state index < -0.39 is 16.0 Å². The predicted octanol–water partition coefficient (Wildman–Crippen LogP) is 3.60. The van der Waals surface area contributed by atoms with E-state index in [1.807, 2.05) is 38.1 Å². The van der Waals surface area contributed by atoms with Gasteiger partial charge in [0.1, 0.15) is 0 Å². The summed E-state index contributed by atoms with van der Waals surface area (Å²) in [6.07, 6.45) is 0.674. The number of aryl methyl sites for hydroxylation is 1. The first-order valence-electron chi connectivity index (χ1n) is 10.4. The second-order valence-electron chi connectivity index (χ2n) is 8.39. The largest absolute Gasteiger partial charge is 0.481 e. The van der Waals surface area contributed by atoms with Gasteiger partial charge in [0.2, 0.25) is 10.0 Å². The molecule has 0 radical (unpaired) electrons. The summed E-state index contributed by atoms with van der Waals surface area (Å²) in [5.74, 6) is -0.981. The van der Waals surface area contributed by atoms with Crippen LogP contribution >= 0.6 is 11.6 Å². The summed E-state index contributed by atoms with van der Waals surface area (Å²) in [6.45, 7) is 7.77. The number of carboxylic acids is 1.